The number of carbonyl (C=O) groups excluding carboxylic acids is 1. The largest absolute Gasteiger partial charge is 0.387 e. The van der Waals surface area contributed by atoms with Crippen LogP contribution in [0.3, 0.4) is 0 Å². The highest BCUT2D eigenvalue weighted by atomic mass is 19.1. The first-order valence-electron chi connectivity index (χ1n) is 6.59. The van der Waals surface area contributed by atoms with E-state index in [1.165, 1.54) is 12.1 Å². The Hall–Kier alpha value is -1.46. The Kier molecular flexibility index (Phi) is 4.87. The van der Waals surface area contributed by atoms with Crippen molar-refractivity contribution in [1.29, 1.82) is 0 Å². The standard InChI is InChI=1S/C14H19FN2O2/c15-12-5-1-3-10(7-12)13(18)9-17-14(19)11-4-2-6-16-8-11/h1,3,5,7,11,13,16,18H,2,4,6,8-9H2,(H,17,19). The van der Waals surface area contributed by atoms with Crippen molar-refractivity contribution in [3.05, 3.63) is 35.6 Å². The molecular weight excluding hydrogens is 247 g/mol. The van der Waals surface area contributed by atoms with Crippen molar-refractivity contribution in [3.8, 4) is 0 Å². The fraction of sp³-hybridized carbons (Fsp3) is 0.500. The van der Waals surface area contributed by atoms with Gasteiger partial charge in [-0.25, -0.2) is 4.39 Å². The SMILES string of the molecule is O=C(NCC(O)c1cccc(F)c1)C1CCCNC1. The molecule has 104 valence electrons. The zero-order chi connectivity index (χ0) is 13.7. The van der Waals surface area contributed by atoms with E-state index >= 15 is 0 Å². The van der Waals surface area contributed by atoms with E-state index < -0.39 is 6.10 Å². The van der Waals surface area contributed by atoms with Crippen molar-refractivity contribution in [1.82, 2.24) is 10.6 Å². The molecule has 0 radical (unpaired) electrons. The summed E-state index contributed by atoms with van der Waals surface area (Å²) in [6, 6.07) is 5.78. The number of hydrogen-bond donors (Lipinski definition) is 3. The zero-order valence-electron chi connectivity index (χ0n) is 10.7. The molecule has 0 aromatic heterocycles. The van der Waals surface area contributed by atoms with E-state index in [2.05, 4.69) is 10.6 Å². The first-order valence-corrected chi connectivity index (χ1v) is 6.59. The van der Waals surface area contributed by atoms with Gasteiger partial charge in [0.1, 0.15) is 5.82 Å². The number of benzene rings is 1. The van der Waals surface area contributed by atoms with Crippen LogP contribution in [0.15, 0.2) is 24.3 Å². The van der Waals surface area contributed by atoms with Gasteiger partial charge in [0, 0.05) is 13.1 Å². The Labute approximate surface area is 112 Å². The molecule has 1 saturated heterocycles. The molecule has 0 saturated carbocycles. The van der Waals surface area contributed by atoms with Crippen LogP contribution in [0.5, 0.6) is 0 Å². The molecule has 4 nitrogen and oxygen atoms in total. The molecule has 1 aliphatic rings. The highest BCUT2D eigenvalue weighted by molar-refractivity contribution is 5.79. The lowest BCUT2D eigenvalue weighted by molar-refractivity contribution is -0.125. The van der Waals surface area contributed by atoms with Gasteiger partial charge in [0.25, 0.3) is 0 Å². The molecule has 2 rings (SSSR count). The number of carbonyl (C=O) groups is 1. The number of aliphatic hydroxyl groups is 1. The van der Waals surface area contributed by atoms with Gasteiger partial charge in [-0.05, 0) is 37.1 Å². The van der Waals surface area contributed by atoms with E-state index in [4.69, 9.17) is 0 Å². The molecule has 1 aromatic rings. The summed E-state index contributed by atoms with van der Waals surface area (Å²) in [4.78, 5) is 11.9. The van der Waals surface area contributed by atoms with Gasteiger partial charge < -0.3 is 15.7 Å². The van der Waals surface area contributed by atoms with Crippen LogP contribution in [0, 0.1) is 11.7 Å². The second-order valence-corrected chi connectivity index (χ2v) is 4.86. The van der Waals surface area contributed by atoms with E-state index in [0.29, 0.717) is 12.1 Å². The van der Waals surface area contributed by atoms with Gasteiger partial charge >= 0.3 is 0 Å². The molecule has 5 heteroatoms. The Bertz CT molecular complexity index is 433. The van der Waals surface area contributed by atoms with Crippen molar-refractivity contribution in [3.63, 3.8) is 0 Å². The van der Waals surface area contributed by atoms with E-state index in [-0.39, 0.29) is 24.2 Å². The average molecular weight is 266 g/mol. The molecule has 19 heavy (non-hydrogen) atoms. The monoisotopic (exact) mass is 266 g/mol. The van der Waals surface area contributed by atoms with Crippen molar-refractivity contribution >= 4 is 5.91 Å². The zero-order valence-corrected chi connectivity index (χ0v) is 10.7. The lowest BCUT2D eigenvalue weighted by atomic mass is 9.98. The van der Waals surface area contributed by atoms with Gasteiger partial charge in [0.2, 0.25) is 5.91 Å². The molecule has 2 unspecified atom stereocenters. The Morgan fingerprint density at radius 2 is 2.42 bits per heavy atom. The quantitative estimate of drug-likeness (QED) is 0.761. The van der Waals surface area contributed by atoms with Crippen molar-refractivity contribution in [2.24, 2.45) is 5.92 Å². The summed E-state index contributed by atoms with van der Waals surface area (Å²) in [7, 11) is 0. The molecule has 1 heterocycles. The maximum absolute atomic E-state index is 13.0. The van der Waals surface area contributed by atoms with Crippen LogP contribution in [0.1, 0.15) is 24.5 Å². The molecule has 0 spiro atoms. The number of aliphatic hydroxyl groups excluding tert-OH is 1. The normalized spacial score (nSPS) is 20.8. The molecule has 2 atom stereocenters. The summed E-state index contributed by atoms with van der Waals surface area (Å²) >= 11 is 0. The van der Waals surface area contributed by atoms with E-state index in [1.54, 1.807) is 12.1 Å². The lowest BCUT2D eigenvalue weighted by Crippen LogP contribution is -2.41. The van der Waals surface area contributed by atoms with Crippen molar-refractivity contribution in [2.45, 2.75) is 18.9 Å². The maximum Gasteiger partial charge on any atom is 0.224 e. The third-order valence-corrected chi connectivity index (χ3v) is 3.37. The predicted molar refractivity (Wildman–Crippen MR) is 70.0 cm³/mol. The van der Waals surface area contributed by atoms with Crippen LogP contribution in [-0.2, 0) is 4.79 Å². The molecule has 1 aromatic carbocycles. The fourth-order valence-electron chi connectivity index (χ4n) is 2.25. The van der Waals surface area contributed by atoms with Gasteiger partial charge in [0.05, 0.1) is 12.0 Å². The van der Waals surface area contributed by atoms with Gasteiger partial charge in [-0.15, -0.1) is 0 Å². The highest BCUT2D eigenvalue weighted by Crippen LogP contribution is 2.14. The van der Waals surface area contributed by atoms with Crippen molar-refractivity contribution in [2.75, 3.05) is 19.6 Å². The van der Waals surface area contributed by atoms with Crippen LogP contribution in [-0.4, -0.2) is 30.6 Å². The summed E-state index contributed by atoms with van der Waals surface area (Å²) in [5.74, 6) is -0.476. The Morgan fingerprint density at radius 3 is 3.11 bits per heavy atom. The third-order valence-electron chi connectivity index (χ3n) is 3.37. The van der Waals surface area contributed by atoms with Crippen LogP contribution < -0.4 is 10.6 Å². The average Bonchev–Trinajstić information content (AvgIpc) is 2.45. The molecular formula is C14H19FN2O2. The number of piperidine rings is 1. The molecule has 3 N–H and O–H groups in total. The minimum atomic E-state index is -0.879. The van der Waals surface area contributed by atoms with Crippen LogP contribution in [0.2, 0.25) is 0 Å². The Morgan fingerprint density at radius 1 is 1.58 bits per heavy atom. The van der Waals surface area contributed by atoms with Crippen LogP contribution in [0.25, 0.3) is 0 Å². The minimum absolute atomic E-state index is 0.0338. The van der Waals surface area contributed by atoms with Gasteiger partial charge in [0.15, 0.2) is 0 Å². The molecule has 1 amide bonds. The van der Waals surface area contributed by atoms with Crippen molar-refractivity contribution < 1.29 is 14.3 Å². The highest BCUT2D eigenvalue weighted by Gasteiger charge is 2.21. The molecule has 1 aliphatic heterocycles. The number of halogens is 1. The molecule has 0 bridgehead atoms. The van der Waals surface area contributed by atoms with E-state index in [1.807, 2.05) is 0 Å². The first-order chi connectivity index (χ1) is 9.16. The number of nitrogens with one attached hydrogen (secondary N) is 2. The lowest BCUT2D eigenvalue weighted by Gasteiger charge is -2.22. The minimum Gasteiger partial charge on any atom is -0.387 e. The second-order valence-electron chi connectivity index (χ2n) is 4.86. The Balaban J connectivity index is 1.82. The van der Waals surface area contributed by atoms with Crippen LogP contribution in [0.4, 0.5) is 4.39 Å². The second kappa shape index (κ2) is 6.63. The van der Waals surface area contributed by atoms with E-state index in [9.17, 15) is 14.3 Å². The van der Waals surface area contributed by atoms with Gasteiger partial charge in [-0.1, -0.05) is 12.1 Å². The summed E-state index contributed by atoms with van der Waals surface area (Å²) in [6.07, 6.45) is 0.982. The third kappa shape index (κ3) is 4.01. The first kappa shape index (κ1) is 14.0. The van der Waals surface area contributed by atoms with Gasteiger partial charge in [-0.3, -0.25) is 4.79 Å². The number of rotatable bonds is 4. The summed E-state index contributed by atoms with van der Waals surface area (Å²) in [5, 5.41) is 15.8. The number of hydrogen-bond acceptors (Lipinski definition) is 3. The maximum atomic E-state index is 13.0. The van der Waals surface area contributed by atoms with Crippen LogP contribution >= 0.6 is 0 Å². The fourth-order valence-corrected chi connectivity index (χ4v) is 2.25. The number of amides is 1. The molecule has 0 aliphatic carbocycles. The molecule has 1 fully saturated rings. The summed E-state index contributed by atoms with van der Waals surface area (Å²) in [6.45, 7) is 1.75. The van der Waals surface area contributed by atoms with E-state index in [0.717, 1.165) is 19.4 Å². The predicted octanol–water partition coefficient (Wildman–Crippen LogP) is 0.975. The van der Waals surface area contributed by atoms with Gasteiger partial charge in [-0.2, -0.15) is 0 Å². The smallest absolute Gasteiger partial charge is 0.224 e. The topological polar surface area (TPSA) is 61.4 Å². The summed E-state index contributed by atoms with van der Waals surface area (Å²) < 4.78 is 13.0. The summed E-state index contributed by atoms with van der Waals surface area (Å²) in [5.41, 5.74) is 0.474.